The third-order valence-electron chi connectivity index (χ3n) is 6.16. The van der Waals surface area contributed by atoms with E-state index < -0.39 is 5.60 Å². The van der Waals surface area contributed by atoms with Crippen LogP contribution >= 0.6 is 23.2 Å². The Labute approximate surface area is 188 Å². The molecule has 7 heteroatoms. The molecule has 0 spiro atoms. The van der Waals surface area contributed by atoms with Crippen molar-refractivity contribution in [3.63, 3.8) is 0 Å². The summed E-state index contributed by atoms with van der Waals surface area (Å²) in [4.78, 5) is 30.1. The lowest BCUT2D eigenvalue weighted by atomic mass is 10.00. The molecule has 1 aromatic carbocycles. The van der Waals surface area contributed by atoms with Crippen molar-refractivity contribution in [2.75, 3.05) is 13.1 Å². The van der Waals surface area contributed by atoms with Gasteiger partial charge in [-0.15, -0.1) is 0 Å². The second-order valence-corrected chi connectivity index (χ2v) is 10.6. The molecule has 1 aliphatic heterocycles. The summed E-state index contributed by atoms with van der Waals surface area (Å²) in [5, 5.41) is 0.695. The third kappa shape index (κ3) is 4.72. The predicted octanol–water partition coefficient (Wildman–Crippen LogP) is 5.63. The van der Waals surface area contributed by atoms with E-state index >= 15 is 0 Å². The molecule has 0 aromatic heterocycles. The second-order valence-electron chi connectivity index (χ2n) is 9.85. The molecule has 1 saturated heterocycles. The molecular formula is C23H30Cl2N2O3. The van der Waals surface area contributed by atoms with E-state index in [1.165, 1.54) is 0 Å². The number of benzene rings is 1. The number of hydrogen-bond acceptors (Lipinski definition) is 3. The summed E-state index contributed by atoms with van der Waals surface area (Å²) in [5.74, 6) is 1.03. The summed E-state index contributed by atoms with van der Waals surface area (Å²) in [6.45, 7) is 6.69. The highest BCUT2D eigenvalue weighted by molar-refractivity contribution is 6.43. The van der Waals surface area contributed by atoms with Crippen LogP contribution in [0, 0.1) is 11.8 Å². The van der Waals surface area contributed by atoms with Gasteiger partial charge >= 0.3 is 6.09 Å². The van der Waals surface area contributed by atoms with Gasteiger partial charge in [-0.2, -0.15) is 0 Å². The van der Waals surface area contributed by atoms with Crippen molar-refractivity contribution in [3.8, 4) is 0 Å². The van der Waals surface area contributed by atoms with Crippen molar-refractivity contribution in [2.45, 2.75) is 70.6 Å². The Hall–Kier alpha value is -1.46. The van der Waals surface area contributed by atoms with Gasteiger partial charge in [0.15, 0.2) is 0 Å². The van der Waals surface area contributed by atoms with Crippen molar-refractivity contribution >= 4 is 35.2 Å². The molecule has 0 bridgehead atoms. The Balaban J connectivity index is 1.59. The molecular weight excluding hydrogens is 423 g/mol. The zero-order chi connectivity index (χ0) is 21.6. The first-order chi connectivity index (χ1) is 14.2. The van der Waals surface area contributed by atoms with E-state index in [1.54, 1.807) is 23.1 Å². The number of hydrogen-bond donors (Lipinski definition) is 0. The van der Waals surface area contributed by atoms with Crippen LogP contribution in [-0.2, 0) is 4.74 Å². The normalized spacial score (nSPS) is 21.8. The van der Waals surface area contributed by atoms with Crippen molar-refractivity contribution in [1.82, 2.24) is 9.80 Å². The maximum atomic E-state index is 13.8. The first-order valence-electron chi connectivity index (χ1n) is 10.9. The predicted molar refractivity (Wildman–Crippen MR) is 118 cm³/mol. The average molecular weight is 453 g/mol. The number of amides is 2. The quantitative estimate of drug-likeness (QED) is 0.580. The lowest BCUT2D eigenvalue weighted by molar-refractivity contribution is 0.0255. The van der Waals surface area contributed by atoms with Crippen molar-refractivity contribution < 1.29 is 14.3 Å². The molecule has 5 nitrogen and oxygen atoms in total. The Morgan fingerprint density at radius 2 is 1.73 bits per heavy atom. The van der Waals surface area contributed by atoms with E-state index in [1.807, 2.05) is 20.8 Å². The average Bonchev–Trinajstić information content (AvgIpc) is 3.60. The number of carbonyl (C=O) groups is 2. The number of halogens is 2. The van der Waals surface area contributed by atoms with Gasteiger partial charge in [0.2, 0.25) is 0 Å². The highest BCUT2D eigenvalue weighted by Crippen LogP contribution is 2.49. The molecule has 2 saturated carbocycles. The van der Waals surface area contributed by atoms with E-state index in [0.29, 0.717) is 40.5 Å². The third-order valence-corrected chi connectivity index (χ3v) is 6.98. The molecule has 2 amide bonds. The van der Waals surface area contributed by atoms with Gasteiger partial charge < -0.3 is 14.5 Å². The topological polar surface area (TPSA) is 49.9 Å². The fourth-order valence-electron chi connectivity index (χ4n) is 4.53. The van der Waals surface area contributed by atoms with Crippen molar-refractivity contribution in [1.29, 1.82) is 0 Å². The lowest BCUT2D eigenvalue weighted by Gasteiger charge is -2.37. The minimum Gasteiger partial charge on any atom is -0.444 e. The second kappa shape index (κ2) is 8.23. The maximum absolute atomic E-state index is 13.8. The van der Waals surface area contributed by atoms with E-state index in [0.717, 1.165) is 32.1 Å². The van der Waals surface area contributed by atoms with Gasteiger partial charge in [-0.05, 0) is 76.8 Å². The molecule has 3 aliphatic rings. The lowest BCUT2D eigenvalue weighted by Crippen LogP contribution is -2.51. The van der Waals surface area contributed by atoms with Gasteiger partial charge in [0, 0.05) is 19.1 Å². The van der Waals surface area contributed by atoms with Gasteiger partial charge in [0.25, 0.3) is 5.91 Å². The van der Waals surface area contributed by atoms with E-state index in [9.17, 15) is 9.59 Å². The van der Waals surface area contributed by atoms with Crippen LogP contribution in [0.25, 0.3) is 0 Å². The molecule has 2 aliphatic carbocycles. The van der Waals surface area contributed by atoms with Crippen molar-refractivity contribution in [3.05, 3.63) is 33.8 Å². The number of ether oxygens (including phenoxy) is 1. The fraction of sp³-hybridized carbons (Fsp3) is 0.652. The minimum atomic E-state index is -0.538. The van der Waals surface area contributed by atoms with Crippen LogP contribution in [0.1, 0.15) is 63.2 Å². The summed E-state index contributed by atoms with van der Waals surface area (Å²) in [7, 11) is 0. The fourth-order valence-corrected chi connectivity index (χ4v) is 4.91. The number of rotatable bonds is 5. The highest BCUT2D eigenvalue weighted by Gasteiger charge is 2.49. The molecule has 30 heavy (non-hydrogen) atoms. The summed E-state index contributed by atoms with van der Waals surface area (Å²) < 4.78 is 5.55. The molecule has 1 atom stereocenters. The SMILES string of the molecule is CC(C)(C)OC(=O)N1CC[C@H](N(C(=O)c2cccc(Cl)c2Cl)C(C2CC2)C2CC2)C1. The molecule has 1 aromatic rings. The van der Waals surface area contributed by atoms with E-state index in [2.05, 4.69) is 4.90 Å². The van der Waals surface area contributed by atoms with Gasteiger partial charge in [-0.25, -0.2) is 4.79 Å². The Kier molecular flexibility index (Phi) is 5.97. The summed E-state index contributed by atoms with van der Waals surface area (Å²) >= 11 is 12.6. The van der Waals surface area contributed by atoms with Crippen molar-refractivity contribution in [2.24, 2.45) is 11.8 Å². The zero-order valence-corrected chi connectivity index (χ0v) is 19.4. The van der Waals surface area contributed by atoms with Crippen LogP contribution in [0.15, 0.2) is 18.2 Å². The summed E-state index contributed by atoms with van der Waals surface area (Å²) in [6, 6.07) is 5.40. The minimum absolute atomic E-state index is 0.0359. The number of carbonyl (C=O) groups excluding carboxylic acids is 2. The van der Waals surface area contributed by atoms with E-state index in [4.69, 9.17) is 27.9 Å². The Morgan fingerprint density at radius 3 is 2.30 bits per heavy atom. The van der Waals surface area contributed by atoms with Crippen LogP contribution in [0.2, 0.25) is 10.0 Å². The molecule has 4 rings (SSSR count). The summed E-state index contributed by atoms with van der Waals surface area (Å²) in [5.41, 5.74) is -0.0880. The van der Waals surface area contributed by atoms with Gasteiger partial charge in [-0.3, -0.25) is 4.79 Å². The number of likely N-dealkylation sites (tertiary alicyclic amines) is 1. The van der Waals surface area contributed by atoms with Gasteiger partial charge in [0.1, 0.15) is 5.60 Å². The zero-order valence-electron chi connectivity index (χ0n) is 17.9. The Bertz CT molecular complexity index is 818. The van der Waals surface area contributed by atoms with Crippen LogP contribution in [-0.4, -0.2) is 52.6 Å². The summed E-state index contributed by atoms with van der Waals surface area (Å²) in [6.07, 6.45) is 5.09. The molecule has 0 unspecified atom stereocenters. The van der Waals surface area contributed by atoms with Crippen LogP contribution in [0.3, 0.4) is 0 Å². The number of nitrogens with zero attached hydrogens (tertiary/aromatic N) is 2. The maximum Gasteiger partial charge on any atom is 0.410 e. The van der Waals surface area contributed by atoms with Crippen LogP contribution in [0.4, 0.5) is 4.79 Å². The standard InChI is InChI=1S/C23H30Cl2N2O3/c1-23(2,3)30-22(29)26-12-11-16(13-26)27(20(14-7-8-14)15-9-10-15)21(28)17-5-4-6-18(24)19(17)25/h4-6,14-16,20H,7-13H2,1-3H3/t16-/m0/s1. The molecule has 164 valence electrons. The van der Waals surface area contributed by atoms with Gasteiger partial charge in [-0.1, -0.05) is 29.3 Å². The largest absolute Gasteiger partial charge is 0.444 e. The Morgan fingerprint density at radius 1 is 1.10 bits per heavy atom. The van der Waals surface area contributed by atoms with Crippen LogP contribution in [0.5, 0.6) is 0 Å². The molecule has 0 N–H and O–H groups in total. The van der Waals surface area contributed by atoms with Crippen LogP contribution < -0.4 is 0 Å². The molecule has 1 heterocycles. The molecule has 0 radical (unpaired) electrons. The smallest absolute Gasteiger partial charge is 0.410 e. The van der Waals surface area contributed by atoms with E-state index in [-0.39, 0.29) is 24.1 Å². The molecule has 3 fully saturated rings. The highest BCUT2D eigenvalue weighted by atomic mass is 35.5. The first-order valence-corrected chi connectivity index (χ1v) is 11.7. The van der Waals surface area contributed by atoms with Gasteiger partial charge in [0.05, 0.1) is 21.7 Å². The monoisotopic (exact) mass is 452 g/mol. The first kappa shape index (κ1) is 21.8.